The first-order valence-corrected chi connectivity index (χ1v) is 4.83. The number of aliphatic hydroxyl groups excluding tert-OH is 1. The maximum absolute atomic E-state index is 9.80. The van der Waals surface area contributed by atoms with Gasteiger partial charge in [-0.15, -0.1) is 0 Å². The van der Waals surface area contributed by atoms with Gasteiger partial charge in [-0.3, -0.25) is 0 Å². The Labute approximate surface area is 73.1 Å². The Morgan fingerprint density at radius 1 is 1.25 bits per heavy atom. The number of aliphatic hydroxyl groups is 1. The van der Waals surface area contributed by atoms with E-state index in [1.54, 1.807) is 0 Å². The molecule has 2 heterocycles. The third-order valence-corrected chi connectivity index (χ3v) is 3.06. The quantitative estimate of drug-likeness (QED) is 0.595. The zero-order valence-corrected chi connectivity index (χ0v) is 7.49. The average Bonchev–Trinajstić information content (AvgIpc) is 2.25. The van der Waals surface area contributed by atoms with Gasteiger partial charge in [0.1, 0.15) is 0 Å². The summed E-state index contributed by atoms with van der Waals surface area (Å²) in [6.07, 6.45) is 4.61. The van der Waals surface area contributed by atoms with E-state index in [9.17, 15) is 5.11 Å². The molecule has 0 aliphatic carbocycles. The summed E-state index contributed by atoms with van der Waals surface area (Å²) in [5.74, 6) is 0. The van der Waals surface area contributed by atoms with Crippen molar-refractivity contribution < 1.29 is 9.84 Å². The summed E-state index contributed by atoms with van der Waals surface area (Å²) in [7, 11) is 1.90. The van der Waals surface area contributed by atoms with Crippen molar-refractivity contribution in [2.45, 2.75) is 50.0 Å². The molecule has 2 saturated heterocycles. The molecule has 0 aromatic carbocycles. The molecule has 0 saturated carbocycles. The summed E-state index contributed by atoms with van der Waals surface area (Å²) >= 11 is 0. The molecule has 0 spiro atoms. The number of ether oxygens (including phenoxy) is 1. The maximum atomic E-state index is 9.80. The van der Waals surface area contributed by atoms with Crippen molar-refractivity contribution in [1.29, 1.82) is 0 Å². The maximum Gasteiger partial charge on any atom is 0.0979 e. The third kappa shape index (κ3) is 1.26. The lowest BCUT2D eigenvalue weighted by molar-refractivity contribution is 0.0136. The van der Waals surface area contributed by atoms with Crippen LogP contribution >= 0.6 is 0 Å². The second-order valence-electron chi connectivity index (χ2n) is 3.80. The van der Waals surface area contributed by atoms with Gasteiger partial charge in [0.25, 0.3) is 0 Å². The first kappa shape index (κ1) is 8.48. The van der Waals surface area contributed by atoms with Crippen LogP contribution < -0.4 is 5.32 Å². The van der Waals surface area contributed by atoms with Gasteiger partial charge in [-0.2, -0.15) is 0 Å². The molecule has 12 heavy (non-hydrogen) atoms. The topological polar surface area (TPSA) is 41.5 Å². The predicted molar refractivity (Wildman–Crippen MR) is 46.0 cm³/mol. The Hall–Kier alpha value is -0.120. The number of likely N-dealkylation sites (N-methyl/N-ethyl adjacent to an activating group) is 1. The lowest BCUT2D eigenvalue weighted by Gasteiger charge is -2.20. The van der Waals surface area contributed by atoms with E-state index in [1.165, 1.54) is 12.8 Å². The van der Waals surface area contributed by atoms with Crippen LogP contribution in [0.2, 0.25) is 0 Å². The molecule has 2 aliphatic heterocycles. The van der Waals surface area contributed by atoms with Crippen LogP contribution in [0.3, 0.4) is 0 Å². The van der Waals surface area contributed by atoms with E-state index in [-0.39, 0.29) is 24.4 Å². The zero-order chi connectivity index (χ0) is 8.55. The molecule has 2 fully saturated rings. The van der Waals surface area contributed by atoms with Gasteiger partial charge >= 0.3 is 0 Å². The minimum absolute atomic E-state index is 0.0925. The van der Waals surface area contributed by atoms with Crippen LogP contribution in [0.25, 0.3) is 0 Å². The van der Waals surface area contributed by atoms with E-state index < -0.39 is 0 Å². The Morgan fingerprint density at radius 3 is 2.58 bits per heavy atom. The fourth-order valence-electron chi connectivity index (χ4n) is 2.37. The highest BCUT2D eigenvalue weighted by atomic mass is 16.5. The highest BCUT2D eigenvalue weighted by Crippen LogP contribution is 2.31. The summed E-state index contributed by atoms with van der Waals surface area (Å²) in [5, 5.41) is 12.9. The van der Waals surface area contributed by atoms with Gasteiger partial charge in [-0.1, -0.05) is 12.8 Å². The van der Waals surface area contributed by atoms with Crippen molar-refractivity contribution in [3.8, 4) is 0 Å². The number of hydrogen-bond acceptors (Lipinski definition) is 3. The molecule has 2 aliphatic rings. The highest BCUT2D eigenvalue weighted by molar-refractivity contribution is 4.96. The van der Waals surface area contributed by atoms with E-state index in [2.05, 4.69) is 5.32 Å². The van der Waals surface area contributed by atoms with Crippen LogP contribution in [0.4, 0.5) is 0 Å². The van der Waals surface area contributed by atoms with Crippen molar-refractivity contribution in [1.82, 2.24) is 5.32 Å². The first-order valence-electron chi connectivity index (χ1n) is 4.83. The largest absolute Gasteiger partial charge is 0.389 e. The number of nitrogens with one attached hydrogen (secondary N) is 1. The minimum atomic E-state index is -0.291. The van der Waals surface area contributed by atoms with Crippen molar-refractivity contribution in [2.24, 2.45) is 0 Å². The lowest BCUT2D eigenvalue weighted by Crippen LogP contribution is -2.43. The summed E-state index contributed by atoms with van der Waals surface area (Å²) in [4.78, 5) is 0. The van der Waals surface area contributed by atoms with Gasteiger partial charge in [0, 0.05) is 0 Å². The van der Waals surface area contributed by atoms with Crippen molar-refractivity contribution in [3.63, 3.8) is 0 Å². The molecule has 2 N–H and O–H groups in total. The summed E-state index contributed by atoms with van der Waals surface area (Å²) in [5.41, 5.74) is 0. The first-order chi connectivity index (χ1) is 5.83. The fraction of sp³-hybridized carbons (Fsp3) is 1.00. The van der Waals surface area contributed by atoms with Crippen molar-refractivity contribution in [2.75, 3.05) is 7.05 Å². The molecule has 0 amide bonds. The minimum Gasteiger partial charge on any atom is -0.389 e. The molecule has 2 rings (SSSR count). The van der Waals surface area contributed by atoms with E-state index in [0.29, 0.717) is 0 Å². The molecule has 0 aromatic rings. The van der Waals surface area contributed by atoms with Crippen LogP contribution in [-0.2, 0) is 4.74 Å². The standard InChI is InChI=1S/C9H17NO2/c1-10-8-6-4-2-3-5-7(12-6)9(8)11/h6-11H,2-5H2,1H3. The Bertz CT molecular complexity index is 163. The van der Waals surface area contributed by atoms with Gasteiger partial charge in [-0.05, 0) is 19.9 Å². The zero-order valence-electron chi connectivity index (χ0n) is 7.49. The average molecular weight is 171 g/mol. The second kappa shape index (κ2) is 3.32. The van der Waals surface area contributed by atoms with Crippen LogP contribution in [0.15, 0.2) is 0 Å². The molecular formula is C9H17NO2. The van der Waals surface area contributed by atoms with E-state index in [0.717, 1.165) is 12.8 Å². The van der Waals surface area contributed by atoms with Gasteiger partial charge in [0.15, 0.2) is 0 Å². The summed E-state index contributed by atoms with van der Waals surface area (Å²) in [6.45, 7) is 0. The molecule has 4 unspecified atom stereocenters. The Balaban J connectivity index is 2.08. The van der Waals surface area contributed by atoms with E-state index >= 15 is 0 Å². The van der Waals surface area contributed by atoms with Gasteiger partial charge in [-0.25, -0.2) is 0 Å². The van der Waals surface area contributed by atoms with Crippen LogP contribution in [0, 0.1) is 0 Å². The van der Waals surface area contributed by atoms with Gasteiger partial charge < -0.3 is 15.2 Å². The van der Waals surface area contributed by atoms with E-state index in [1.807, 2.05) is 7.05 Å². The van der Waals surface area contributed by atoms with Gasteiger partial charge in [0.05, 0.1) is 24.4 Å². The second-order valence-corrected chi connectivity index (χ2v) is 3.80. The molecule has 3 nitrogen and oxygen atoms in total. The van der Waals surface area contributed by atoms with Crippen molar-refractivity contribution >= 4 is 0 Å². The highest BCUT2D eigenvalue weighted by Gasteiger charge is 2.43. The molecule has 2 bridgehead atoms. The van der Waals surface area contributed by atoms with Crippen LogP contribution in [0.5, 0.6) is 0 Å². The molecule has 3 heteroatoms. The van der Waals surface area contributed by atoms with Crippen LogP contribution in [-0.4, -0.2) is 36.5 Å². The SMILES string of the molecule is CNC1C2CCCCC(O2)C1O. The molecule has 70 valence electrons. The molecule has 0 radical (unpaired) electrons. The molecule has 0 aromatic heterocycles. The molecule has 4 atom stereocenters. The molecular weight excluding hydrogens is 154 g/mol. The lowest BCUT2D eigenvalue weighted by atomic mass is 9.94. The Morgan fingerprint density at radius 2 is 1.92 bits per heavy atom. The van der Waals surface area contributed by atoms with Crippen LogP contribution in [0.1, 0.15) is 25.7 Å². The summed E-state index contributed by atoms with van der Waals surface area (Å²) in [6, 6.07) is 0.162. The number of fused-ring (bicyclic) bond motifs is 2. The fourth-order valence-corrected chi connectivity index (χ4v) is 2.37. The smallest absolute Gasteiger partial charge is 0.0979 e. The third-order valence-electron chi connectivity index (χ3n) is 3.06. The van der Waals surface area contributed by atoms with E-state index in [4.69, 9.17) is 4.74 Å². The monoisotopic (exact) mass is 171 g/mol. The van der Waals surface area contributed by atoms with Gasteiger partial charge in [0.2, 0.25) is 0 Å². The number of rotatable bonds is 1. The Kier molecular flexibility index (Phi) is 2.35. The normalized spacial score (nSPS) is 47.5. The summed E-state index contributed by atoms with van der Waals surface area (Å²) < 4.78 is 5.73. The van der Waals surface area contributed by atoms with Crippen molar-refractivity contribution in [3.05, 3.63) is 0 Å². The number of hydrogen-bond donors (Lipinski definition) is 2. The predicted octanol–water partition coefficient (Wildman–Crippen LogP) is 0.277.